The van der Waals surface area contributed by atoms with Gasteiger partial charge in [-0.05, 0) is 100 Å². The smallest absolute Gasteiger partial charge is 0.0931 e. The van der Waals surface area contributed by atoms with E-state index in [1.165, 1.54) is 79.6 Å². The minimum absolute atomic E-state index is 0.666. The van der Waals surface area contributed by atoms with Crippen LogP contribution in [0.1, 0.15) is 62.3 Å². The zero-order valence-electron chi connectivity index (χ0n) is 20.0. The molecule has 4 nitrogen and oxygen atoms in total. The van der Waals surface area contributed by atoms with Gasteiger partial charge in [0.25, 0.3) is 0 Å². The van der Waals surface area contributed by atoms with Crippen molar-refractivity contribution in [1.82, 2.24) is 15.2 Å². The molecule has 172 valence electrons. The standard InChI is InChI=1S/C28H39N3O/c1-5-7-23(18-20(3)32-4)28-25(6-2)26-19-22(8-9-27(26)30-28)21-12-16-31(17-13-21)24-10-14-29-15-11-24/h5,7-9,18-19,21,24,29-30H,1,6,10-17H2,2-4H3/b20-18+,23-7+. The largest absolute Gasteiger partial charge is 0.501 e. The van der Waals surface area contributed by atoms with Gasteiger partial charge in [0.1, 0.15) is 0 Å². The monoisotopic (exact) mass is 433 g/mol. The maximum absolute atomic E-state index is 5.41. The Morgan fingerprint density at radius 2 is 1.94 bits per heavy atom. The van der Waals surface area contributed by atoms with E-state index in [0.29, 0.717) is 5.92 Å². The van der Waals surface area contributed by atoms with Gasteiger partial charge in [-0.2, -0.15) is 0 Å². The summed E-state index contributed by atoms with van der Waals surface area (Å²) in [5, 5.41) is 4.86. The molecule has 0 bridgehead atoms. The van der Waals surface area contributed by atoms with E-state index in [1.54, 1.807) is 7.11 Å². The zero-order valence-corrected chi connectivity index (χ0v) is 20.0. The summed E-state index contributed by atoms with van der Waals surface area (Å²) in [4.78, 5) is 6.43. The van der Waals surface area contributed by atoms with Crippen LogP contribution in [0.4, 0.5) is 0 Å². The number of hydrogen-bond donors (Lipinski definition) is 2. The number of piperidine rings is 2. The minimum atomic E-state index is 0.666. The lowest BCUT2D eigenvalue weighted by Crippen LogP contribution is -2.46. The number of nitrogens with zero attached hydrogens (tertiary/aromatic N) is 1. The van der Waals surface area contributed by atoms with Gasteiger partial charge in [0, 0.05) is 28.2 Å². The van der Waals surface area contributed by atoms with E-state index in [0.717, 1.165) is 23.8 Å². The molecule has 2 saturated heterocycles. The lowest BCUT2D eigenvalue weighted by Gasteiger charge is -2.39. The van der Waals surface area contributed by atoms with Crippen molar-refractivity contribution in [2.75, 3.05) is 33.3 Å². The van der Waals surface area contributed by atoms with Gasteiger partial charge in [0.15, 0.2) is 0 Å². The molecule has 0 radical (unpaired) electrons. The predicted octanol–water partition coefficient (Wildman–Crippen LogP) is 5.78. The predicted molar refractivity (Wildman–Crippen MR) is 136 cm³/mol. The van der Waals surface area contributed by atoms with Crippen LogP contribution in [0.3, 0.4) is 0 Å². The normalized spacial score (nSPS) is 20.1. The molecule has 1 aromatic heterocycles. The average molecular weight is 434 g/mol. The van der Waals surface area contributed by atoms with Gasteiger partial charge in [0.05, 0.1) is 12.9 Å². The number of methoxy groups -OCH3 is 1. The topological polar surface area (TPSA) is 40.3 Å². The number of H-pyrrole nitrogens is 1. The minimum Gasteiger partial charge on any atom is -0.501 e. The molecule has 2 fully saturated rings. The summed E-state index contributed by atoms with van der Waals surface area (Å²) in [7, 11) is 1.71. The second-order valence-corrected chi connectivity index (χ2v) is 9.25. The number of hydrogen-bond acceptors (Lipinski definition) is 3. The van der Waals surface area contributed by atoms with Crippen LogP contribution in [0.2, 0.25) is 0 Å². The third-order valence-electron chi connectivity index (χ3n) is 7.38. The molecule has 4 rings (SSSR count). The third-order valence-corrected chi connectivity index (χ3v) is 7.38. The fourth-order valence-electron chi connectivity index (χ4n) is 5.51. The Morgan fingerprint density at radius 1 is 1.19 bits per heavy atom. The summed E-state index contributed by atoms with van der Waals surface area (Å²) in [6.45, 7) is 13.0. The molecule has 4 heteroatoms. The van der Waals surface area contributed by atoms with Crippen LogP contribution >= 0.6 is 0 Å². The lowest BCUT2D eigenvalue weighted by molar-refractivity contribution is 0.127. The highest BCUT2D eigenvalue weighted by Gasteiger charge is 2.27. The van der Waals surface area contributed by atoms with Crippen LogP contribution in [0.25, 0.3) is 16.5 Å². The van der Waals surface area contributed by atoms with Gasteiger partial charge in [0.2, 0.25) is 0 Å². The summed E-state index contributed by atoms with van der Waals surface area (Å²) >= 11 is 0. The van der Waals surface area contributed by atoms with Crippen LogP contribution in [0, 0.1) is 0 Å². The number of ether oxygens (including phenoxy) is 1. The Balaban J connectivity index is 1.58. The third kappa shape index (κ3) is 4.87. The van der Waals surface area contributed by atoms with Gasteiger partial charge >= 0.3 is 0 Å². The number of benzene rings is 1. The number of aromatic amines is 1. The molecule has 2 N–H and O–H groups in total. The summed E-state index contributed by atoms with van der Waals surface area (Å²) in [5.74, 6) is 1.55. The van der Waals surface area contributed by atoms with Crippen molar-refractivity contribution in [1.29, 1.82) is 0 Å². The Morgan fingerprint density at radius 3 is 2.59 bits per heavy atom. The second-order valence-electron chi connectivity index (χ2n) is 9.25. The van der Waals surface area contributed by atoms with Gasteiger partial charge in [-0.1, -0.05) is 31.7 Å². The van der Waals surface area contributed by atoms with Crippen molar-refractivity contribution in [3.05, 3.63) is 65.6 Å². The van der Waals surface area contributed by atoms with Gasteiger partial charge in [-0.3, -0.25) is 0 Å². The van der Waals surface area contributed by atoms with Gasteiger partial charge < -0.3 is 19.9 Å². The molecule has 2 aliphatic heterocycles. The van der Waals surface area contributed by atoms with Crippen molar-refractivity contribution in [3.63, 3.8) is 0 Å². The molecular formula is C28H39N3O. The summed E-state index contributed by atoms with van der Waals surface area (Å²) in [5.41, 5.74) is 6.38. The lowest BCUT2D eigenvalue weighted by atomic mass is 9.87. The second kappa shape index (κ2) is 10.5. The van der Waals surface area contributed by atoms with Crippen LogP contribution in [0.5, 0.6) is 0 Å². The quantitative estimate of drug-likeness (QED) is 0.429. The number of fused-ring (bicyclic) bond motifs is 1. The fourth-order valence-corrected chi connectivity index (χ4v) is 5.51. The van der Waals surface area contributed by atoms with Crippen molar-refractivity contribution >= 4 is 16.5 Å². The van der Waals surface area contributed by atoms with Crippen LogP contribution in [0.15, 0.2) is 48.8 Å². The fraction of sp³-hybridized carbons (Fsp3) is 0.500. The summed E-state index contributed by atoms with van der Waals surface area (Å²) in [6, 6.07) is 7.87. The maximum atomic E-state index is 5.41. The Kier molecular flexibility index (Phi) is 7.54. The van der Waals surface area contributed by atoms with E-state index in [1.807, 2.05) is 13.0 Å². The molecule has 3 heterocycles. The van der Waals surface area contributed by atoms with E-state index in [4.69, 9.17) is 4.74 Å². The van der Waals surface area contributed by atoms with E-state index in [-0.39, 0.29) is 0 Å². The first-order valence-corrected chi connectivity index (χ1v) is 12.3. The van der Waals surface area contributed by atoms with E-state index in [2.05, 4.69) is 59.1 Å². The molecule has 32 heavy (non-hydrogen) atoms. The number of aromatic nitrogens is 1. The van der Waals surface area contributed by atoms with Gasteiger partial charge in [-0.15, -0.1) is 0 Å². The number of nitrogens with one attached hydrogen (secondary N) is 2. The van der Waals surface area contributed by atoms with Crippen LogP contribution in [-0.4, -0.2) is 49.2 Å². The van der Waals surface area contributed by atoms with Crippen molar-refractivity contribution < 1.29 is 4.74 Å². The first-order chi connectivity index (χ1) is 15.6. The SMILES string of the molecule is C=C/C=C(\C=C(/C)OC)c1[nH]c2ccc(C3CCN(C4CCNCC4)CC3)cc2c1CC. The van der Waals surface area contributed by atoms with Crippen molar-refractivity contribution in [2.45, 2.75) is 57.9 Å². The van der Waals surface area contributed by atoms with Crippen molar-refractivity contribution in [3.8, 4) is 0 Å². The van der Waals surface area contributed by atoms with Crippen molar-refractivity contribution in [2.24, 2.45) is 0 Å². The Labute approximate surface area is 193 Å². The summed E-state index contributed by atoms with van der Waals surface area (Å²) < 4.78 is 5.41. The molecule has 2 aromatic rings. The highest BCUT2D eigenvalue weighted by molar-refractivity contribution is 5.92. The van der Waals surface area contributed by atoms with E-state index < -0.39 is 0 Å². The molecule has 0 unspecified atom stereocenters. The number of allylic oxidation sites excluding steroid dienone is 5. The number of aryl methyl sites for hydroxylation is 1. The highest BCUT2D eigenvalue weighted by atomic mass is 16.5. The number of likely N-dealkylation sites (tertiary alicyclic amines) is 1. The Hall–Kier alpha value is -2.30. The summed E-state index contributed by atoms with van der Waals surface area (Å²) in [6.07, 6.45) is 12.1. The average Bonchev–Trinajstić information content (AvgIpc) is 3.22. The van der Waals surface area contributed by atoms with E-state index in [9.17, 15) is 0 Å². The molecule has 2 aliphatic rings. The van der Waals surface area contributed by atoms with Crippen LogP contribution < -0.4 is 5.32 Å². The van der Waals surface area contributed by atoms with Crippen LogP contribution in [-0.2, 0) is 11.2 Å². The first kappa shape index (κ1) is 22.9. The highest BCUT2D eigenvalue weighted by Crippen LogP contribution is 2.35. The molecule has 0 amide bonds. The number of rotatable bonds is 7. The maximum Gasteiger partial charge on any atom is 0.0931 e. The molecular weight excluding hydrogens is 394 g/mol. The molecule has 0 atom stereocenters. The Bertz CT molecular complexity index is 986. The first-order valence-electron chi connectivity index (χ1n) is 12.3. The van der Waals surface area contributed by atoms with E-state index >= 15 is 0 Å². The molecule has 0 saturated carbocycles. The molecule has 0 spiro atoms. The van der Waals surface area contributed by atoms with Gasteiger partial charge in [-0.25, -0.2) is 0 Å². The molecule has 0 aliphatic carbocycles. The molecule has 1 aromatic carbocycles. The zero-order chi connectivity index (χ0) is 22.5.